The number of aliphatic hydroxyl groups excluding tert-OH is 1. The number of nitro benzene ring substituents is 2. The van der Waals surface area contributed by atoms with Crippen LogP contribution < -0.4 is 0 Å². The van der Waals surface area contributed by atoms with E-state index >= 15 is 0 Å². The number of rotatable bonds is 4. The lowest BCUT2D eigenvalue weighted by Gasteiger charge is -2.50. The van der Waals surface area contributed by atoms with Crippen molar-refractivity contribution in [1.29, 1.82) is 0 Å². The first-order chi connectivity index (χ1) is 16.4. The van der Waals surface area contributed by atoms with Crippen molar-refractivity contribution in [2.45, 2.75) is 25.0 Å². The maximum Gasteiger partial charge on any atom is 0.347 e. The molecule has 5 atom stereocenters. The number of aromatic nitrogens is 1. The van der Waals surface area contributed by atoms with Gasteiger partial charge in [0.15, 0.2) is 0 Å². The lowest BCUT2D eigenvalue weighted by molar-refractivity contribution is -0.422. The smallest absolute Gasteiger partial charge is 0.347 e. The van der Waals surface area contributed by atoms with Gasteiger partial charge in [-0.3, -0.25) is 30.1 Å². The highest BCUT2D eigenvalue weighted by molar-refractivity contribution is 5.82. The van der Waals surface area contributed by atoms with Gasteiger partial charge >= 0.3 is 11.4 Å². The van der Waals surface area contributed by atoms with E-state index in [2.05, 4.69) is 21.7 Å². The molecule has 3 aromatic rings. The van der Waals surface area contributed by atoms with Crippen LogP contribution in [0.5, 0.6) is 0 Å². The topological polar surface area (TPSA) is 123 Å². The highest BCUT2D eigenvalue weighted by atomic mass is 16.6. The van der Waals surface area contributed by atoms with Crippen molar-refractivity contribution in [2.24, 2.45) is 11.8 Å². The Kier molecular flexibility index (Phi) is 5.69. The molecule has 2 bridgehead atoms. The number of fused-ring (bicyclic) bond motifs is 4. The molecule has 2 aromatic carbocycles. The van der Waals surface area contributed by atoms with E-state index in [0.717, 1.165) is 48.0 Å². The largest absolute Gasteiger partial charge is 0.387 e. The van der Waals surface area contributed by atoms with Crippen LogP contribution in [-0.2, 0) is 0 Å². The molecule has 1 unspecified atom stereocenters. The molecule has 34 heavy (non-hydrogen) atoms. The number of aliphatic hydroxyl groups is 1. The number of hydrogen-bond donors (Lipinski definition) is 1. The summed E-state index contributed by atoms with van der Waals surface area (Å²) in [6.07, 6.45) is 2.87. The van der Waals surface area contributed by atoms with Crippen LogP contribution >= 0.6 is 0 Å². The summed E-state index contributed by atoms with van der Waals surface area (Å²) in [6, 6.07) is 13.4. The van der Waals surface area contributed by atoms with Crippen molar-refractivity contribution in [3.05, 3.63) is 86.1 Å². The van der Waals surface area contributed by atoms with E-state index in [1.165, 1.54) is 6.07 Å². The second-order valence-corrected chi connectivity index (χ2v) is 8.80. The monoisotopic (exact) mass is 458 g/mol. The first-order valence-corrected chi connectivity index (χ1v) is 11.1. The molecule has 9 heteroatoms. The zero-order valence-electron chi connectivity index (χ0n) is 18.2. The average Bonchev–Trinajstić information content (AvgIpc) is 2.86. The molecule has 1 aromatic heterocycles. The lowest BCUT2D eigenvalue weighted by Crippen LogP contribution is -2.55. The fourth-order valence-electron chi connectivity index (χ4n) is 5.22. The van der Waals surface area contributed by atoms with Crippen LogP contribution in [0.15, 0.2) is 54.7 Å². The van der Waals surface area contributed by atoms with E-state index < -0.39 is 27.3 Å². The molecule has 3 aliphatic rings. The summed E-state index contributed by atoms with van der Waals surface area (Å²) in [7, 11) is 0. The number of benzene rings is 2. The van der Waals surface area contributed by atoms with Gasteiger partial charge in [0.25, 0.3) is 0 Å². The third-order valence-corrected chi connectivity index (χ3v) is 6.94. The van der Waals surface area contributed by atoms with Crippen LogP contribution in [0, 0.1) is 43.9 Å². The zero-order chi connectivity index (χ0) is 23.8. The fraction of sp³-hybridized carbons (Fsp3) is 0.320. The molecule has 0 radical (unpaired) electrons. The minimum atomic E-state index is -0.764. The van der Waals surface area contributed by atoms with Crippen LogP contribution in [0.25, 0.3) is 10.9 Å². The summed E-state index contributed by atoms with van der Waals surface area (Å²) in [4.78, 5) is 27.4. The van der Waals surface area contributed by atoms with Crippen molar-refractivity contribution < 1.29 is 15.0 Å². The van der Waals surface area contributed by atoms with Gasteiger partial charge in [-0.25, -0.2) is 0 Å². The summed E-state index contributed by atoms with van der Waals surface area (Å²) in [5, 5.41) is 34.5. The highest BCUT2D eigenvalue weighted by Crippen LogP contribution is 2.41. The Balaban J connectivity index is 1.35. The van der Waals surface area contributed by atoms with E-state index in [-0.39, 0.29) is 12.0 Å². The van der Waals surface area contributed by atoms with Gasteiger partial charge in [0, 0.05) is 47.8 Å². The van der Waals surface area contributed by atoms with E-state index in [0.29, 0.717) is 18.0 Å². The molecule has 4 heterocycles. The van der Waals surface area contributed by atoms with Gasteiger partial charge in [-0.2, -0.15) is 0 Å². The first kappa shape index (κ1) is 21.9. The predicted octanol–water partition coefficient (Wildman–Crippen LogP) is 3.85. The zero-order valence-corrected chi connectivity index (χ0v) is 18.2. The molecule has 3 aliphatic heterocycles. The Morgan fingerprint density at radius 3 is 2.62 bits per heavy atom. The average molecular weight is 458 g/mol. The van der Waals surface area contributed by atoms with Crippen molar-refractivity contribution >= 4 is 22.3 Å². The van der Waals surface area contributed by atoms with E-state index in [9.17, 15) is 25.3 Å². The minimum absolute atomic E-state index is 0.0110. The Bertz CT molecular complexity index is 1340. The Hall–Kier alpha value is -3.87. The maximum atomic E-state index is 11.3. The molecular weight excluding hydrogens is 436 g/mol. The molecule has 0 spiro atoms. The van der Waals surface area contributed by atoms with Crippen molar-refractivity contribution in [3.63, 3.8) is 0 Å². The predicted molar refractivity (Wildman–Crippen MR) is 125 cm³/mol. The third-order valence-electron chi connectivity index (χ3n) is 6.94. The van der Waals surface area contributed by atoms with Gasteiger partial charge in [-0.15, -0.1) is 0 Å². The lowest BCUT2D eigenvalue weighted by atomic mass is 9.73. The highest BCUT2D eigenvalue weighted by Gasteiger charge is 2.42. The molecule has 3 fully saturated rings. The van der Waals surface area contributed by atoms with Gasteiger partial charge in [-0.1, -0.05) is 30.0 Å². The summed E-state index contributed by atoms with van der Waals surface area (Å²) < 4.78 is 0. The fourth-order valence-corrected chi connectivity index (χ4v) is 5.22. The van der Waals surface area contributed by atoms with E-state index in [1.54, 1.807) is 6.20 Å². The molecule has 1 N–H and O–H groups in total. The van der Waals surface area contributed by atoms with Crippen LogP contribution in [0.2, 0.25) is 0 Å². The number of hydrogen-bond acceptors (Lipinski definition) is 7. The van der Waals surface area contributed by atoms with Gasteiger partial charge in [-0.05, 0) is 49.1 Å². The standard InChI is InChI=1S/C25H22N4O5/c30-25(20-9-11-26-21-4-2-1-3-19(20)21)24-14-17-10-12-27(24)15-18(17)7-5-16-6-8-22(28(31)32)23(13-16)29(33)34/h1-4,6,8-9,11,13,17-18,24-25,30H,10,12,14-15H2/t17-,18-,24-,25+/m0/s1. The number of nitrogens with zero attached hydrogens (tertiary/aromatic N) is 4. The molecular formula is C25H22N4O5. The molecule has 3 saturated heterocycles. The summed E-state index contributed by atoms with van der Waals surface area (Å²) >= 11 is 0. The third kappa shape index (κ3) is 3.98. The second kappa shape index (κ2) is 8.82. The number of nitro groups is 2. The number of pyridine rings is 1. The molecule has 6 rings (SSSR count). The molecule has 0 amide bonds. The summed E-state index contributed by atoms with van der Waals surface area (Å²) in [5.74, 6) is 6.60. The maximum absolute atomic E-state index is 11.3. The minimum Gasteiger partial charge on any atom is -0.387 e. The van der Waals surface area contributed by atoms with E-state index in [1.807, 2.05) is 30.3 Å². The quantitative estimate of drug-likeness (QED) is 0.358. The van der Waals surface area contributed by atoms with Crippen LogP contribution in [-0.4, -0.2) is 44.0 Å². The summed E-state index contributed by atoms with van der Waals surface area (Å²) in [6.45, 7) is 1.59. The van der Waals surface area contributed by atoms with Crippen molar-refractivity contribution in [1.82, 2.24) is 9.88 Å². The van der Waals surface area contributed by atoms with Gasteiger partial charge in [0.1, 0.15) is 0 Å². The molecule has 172 valence electrons. The Morgan fingerprint density at radius 2 is 1.88 bits per heavy atom. The van der Waals surface area contributed by atoms with Gasteiger partial charge in [0.2, 0.25) is 0 Å². The normalized spacial score (nSPS) is 24.3. The van der Waals surface area contributed by atoms with Crippen LogP contribution in [0.1, 0.15) is 30.1 Å². The van der Waals surface area contributed by atoms with Crippen LogP contribution in [0.4, 0.5) is 11.4 Å². The van der Waals surface area contributed by atoms with Crippen molar-refractivity contribution in [3.8, 4) is 11.8 Å². The first-order valence-electron chi connectivity index (χ1n) is 11.1. The van der Waals surface area contributed by atoms with Gasteiger partial charge in [0.05, 0.1) is 21.5 Å². The number of piperidine rings is 3. The molecule has 0 saturated carbocycles. The van der Waals surface area contributed by atoms with Crippen LogP contribution in [0.3, 0.4) is 0 Å². The van der Waals surface area contributed by atoms with Gasteiger partial charge < -0.3 is 5.11 Å². The van der Waals surface area contributed by atoms with E-state index in [4.69, 9.17) is 0 Å². The molecule has 9 nitrogen and oxygen atoms in total. The van der Waals surface area contributed by atoms with Crippen molar-refractivity contribution in [2.75, 3.05) is 13.1 Å². The SMILES string of the molecule is O=[N+]([O-])c1ccc(C#C[C@H]2CN3CC[C@H]2C[C@H]3[C@H](O)c2ccnc3ccccc23)cc1[N+](=O)[O-]. The second-order valence-electron chi connectivity index (χ2n) is 8.80. The Labute approximate surface area is 195 Å². The number of para-hydroxylation sites is 1. The molecule has 0 aliphatic carbocycles. The Morgan fingerprint density at radius 1 is 1.09 bits per heavy atom. The summed E-state index contributed by atoms with van der Waals surface area (Å²) in [5.41, 5.74) is 1.02.